The van der Waals surface area contributed by atoms with Crippen LogP contribution in [0.25, 0.3) is 0 Å². The van der Waals surface area contributed by atoms with Gasteiger partial charge in [0, 0.05) is 111 Å². The standard InChI is InChI=1S/C15H13NO3.C9H7NO2.C6H5BrO.2CHF3.6CH4.3Y.2H2/c1-9-3-2-4-12-13(9)16-14(18)15(12,19)10-5-7-11(17)8-6-10;1-5-3-2-4-6-7(5)10-9(12)8(6)11;7-5-1-3-6(8)4-2-5;2*2-1(3)4;;;;;;;;;;;/h2-8,17,19H,1H3,(H,16,18);2-4H,1H3,(H,10,11,12);1-4,8H;2*1H;6*1H4;;;;2*1H. The van der Waals surface area contributed by atoms with E-state index in [1.807, 2.05) is 26.0 Å². The predicted molar refractivity (Wildman–Crippen MR) is 210 cm³/mol. The van der Waals surface area contributed by atoms with Crippen molar-refractivity contribution in [3.63, 3.8) is 0 Å². The smallest absolute Gasteiger partial charge is 0.379 e. The molecule has 0 bridgehead atoms. The second-order valence-electron chi connectivity index (χ2n) is 9.46. The molecule has 1 atom stereocenters. The zero-order valence-electron chi connectivity index (χ0n) is 26.2. The number of ketones is 1. The average molecular weight is 1100 g/mol. The first-order valence-corrected chi connectivity index (χ1v) is 14.0. The zero-order chi connectivity index (χ0) is 35.5. The molecule has 4 aromatic carbocycles. The summed E-state index contributed by atoms with van der Waals surface area (Å²) in [5.41, 5.74) is 2.91. The number of aryl methyl sites for hydroxylation is 2. The maximum atomic E-state index is 12.2. The molecule has 0 saturated carbocycles. The number of rotatable bonds is 1. The maximum Gasteiger partial charge on any atom is 0.379 e. The Balaban J connectivity index is -0.0000000655. The van der Waals surface area contributed by atoms with Crippen LogP contribution in [0.1, 0.15) is 80.0 Å². The molecule has 56 heavy (non-hydrogen) atoms. The number of carbonyl (C=O) groups is 3. The van der Waals surface area contributed by atoms with E-state index in [2.05, 4.69) is 26.6 Å². The Kier molecular flexibility index (Phi) is 44.1. The predicted octanol–water partition coefficient (Wildman–Crippen LogP) is 11.8. The third-order valence-electron chi connectivity index (χ3n) is 6.30. The second kappa shape index (κ2) is 34.3. The first kappa shape index (κ1) is 72.1. The van der Waals surface area contributed by atoms with Gasteiger partial charge in [0.25, 0.3) is 17.6 Å². The Labute approximate surface area is 414 Å². The summed E-state index contributed by atoms with van der Waals surface area (Å²) in [6.45, 7) is -3.60. The van der Waals surface area contributed by atoms with E-state index in [4.69, 9.17) is 5.11 Å². The molecule has 0 fully saturated rings. The molecule has 2 aliphatic heterocycles. The van der Waals surface area contributed by atoms with Crippen LogP contribution in [0.15, 0.2) is 89.4 Å². The number of amides is 2. The van der Waals surface area contributed by atoms with E-state index in [-0.39, 0.29) is 151 Å². The van der Waals surface area contributed by atoms with E-state index in [1.165, 1.54) is 12.1 Å². The second-order valence-corrected chi connectivity index (χ2v) is 10.4. The Morgan fingerprint density at radius 3 is 1.38 bits per heavy atom. The average Bonchev–Trinajstić information content (AvgIpc) is 3.44. The van der Waals surface area contributed by atoms with Gasteiger partial charge in [-0.3, -0.25) is 14.4 Å². The maximum absolute atomic E-state index is 12.2. The molecule has 3 radical (unpaired) electrons. The van der Waals surface area contributed by atoms with E-state index in [0.717, 1.165) is 15.6 Å². The van der Waals surface area contributed by atoms with Crippen LogP contribution in [-0.4, -0.2) is 46.3 Å². The van der Waals surface area contributed by atoms with E-state index in [1.54, 1.807) is 60.7 Å². The summed E-state index contributed by atoms with van der Waals surface area (Å²) in [4.78, 5) is 34.2. The third kappa shape index (κ3) is 21.4. The van der Waals surface area contributed by atoms with Gasteiger partial charge in [-0.1, -0.05) is 103 Å². The van der Waals surface area contributed by atoms with Crippen molar-refractivity contribution in [2.45, 2.75) is 77.4 Å². The van der Waals surface area contributed by atoms with E-state index in [0.29, 0.717) is 33.8 Å². The van der Waals surface area contributed by atoms with Crippen molar-refractivity contribution in [2.24, 2.45) is 0 Å². The summed E-state index contributed by atoms with van der Waals surface area (Å²) < 4.78 is 59.0. The van der Waals surface area contributed by atoms with Crippen LogP contribution in [0.4, 0.5) is 37.7 Å². The quantitative estimate of drug-likeness (QED) is 0.0952. The molecule has 8 nitrogen and oxygen atoms in total. The number of halogens is 7. The minimum absolute atomic E-state index is 0. The van der Waals surface area contributed by atoms with E-state index in [9.17, 15) is 50.9 Å². The van der Waals surface area contributed by atoms with Crippen molar-refractivity contribution in [2.75, 3.05) is 10.6 Å². The minimum Gasteiger partial charge on any atom is -0.508 e. The van der Waals surface area contributed by atoms with Gasteiger partial charge in [0.15, 0.2) is 5.60 Å². The van der Waals surface area contributed by atoms with Gasteiger partial charge in [-0.2, -0.15) is 26.3 Å². The number of Topliss-reactive ketones (excluding diaryl/α,β-unsaturated/α-hetero) is 1. The number of phenolic OH excluding ortho intramolecular Hbond substituents is 2. The fourth-order valence-electron chi connectivity index (χ4n) is 4.21. The van der Waals surface area contributed by atoms with Gasteiger partial charge in [0.05, 0.1) is 16.9 Å². The van der Waals surface area contributed by atoms with Crippen molar-refractivity contribution in [1.29, 1.82) is 0 Å². The number of fused-ring (bicyclic) bond motifs is 2. The summed E-state index contributed by atoms with van der Waals surface area (Å²) in [5, 5.41) is 34.1. The fraction of sp³-hybridized carbons (Fsp3) is 0.289. The molecule has 311 valence electrons. The number of phenols is 2. The number of benzene rings is 4. The number of aliphatic hydroxyl groups is 1. The van der Waals surface area contributed by atoms with Gasteiger partial charge < -0.3 is 26.0 Å². The number of carbonyl (C=O) groups excluding carboxylic acids is 3. The molecule has 4 aromatic rings. The zero-order valence-corrected chi connectivity index (χ0v) is 36.3. The van der Waals surface area contributed by atoms with Crippen molar-refractivity contribution in [1.82, 2.24) is 0 Å². The summed E-state index contributed by atoms with van der Waals surface area (Å²) in [6, 6.07) is 23.5. The summed E-state index contributed by atoms with van der Waals surface area (Å²) in [5.74, 6) is -1.04. The van der Waals surface area contributed by atoms with Crippen molar-refractivity contribution >= 4 is 44.9 Å². The number of anilines is 2. The topological polar surface area (TPSA) is 136 Å². The molecule has 2 heterocycles. The molecule has 18 heteroatoms. The Morgan fingerprint density at radius 2 is 0.982 bits per heavy atom. The number of aromatic hydroxyl groups is 2. The summed E-state index contributed by atoms with van der Waals surface area (Å²) in [6.07, 6.45) is 0. The van der Waals surface area contributed by atoms with E-state index < -0.39 is 36.6 Å². The normalized spacial score (nSPS) is 12.8. The summed E-state index contributed by atoms with van der Waals surface area (Å²) >= 11 is 3.23. The van der Waals surface area contributed by atoms with Crippen LogP contribution in [0.3, 0.4) is 0 Å². The number of para-hydroxylation sites is 2. The third-order valence-corrected chi connectivity index (χ3v) is 6.83. The molecule has 0 aromatic heterocycles. The number of hydrogen-bond acceptors (Lipinski definition) is 6. The summed E-state index contributed by atoms with van der Waals surface area (Å²) in [7, 11) is 0. The fourth-order valence-corrected chi connectivity index (χ4v) is 4.47. The molecule has 6 rings (SSSR count). The van der Waals surface area contributed by atoms with Gasteiger partial charge in [0.1, 0.15) is 11.5 Å². The van der Waals surface area contributed by atoms with Crippen molar-refractivity contribution in [3.05, 3.63) is 117 Å². The molecule has 5 N–H and O–H groups in total. The first-order valence-electron chi connectivity index (χ1n) is 13.2. The van der Waals surface area contributed by atoms with Crippen LogP contribution in [0, 0.1) is 13.8 Å². The minimum atomic E-state index is -3.67. The van der Waals surface area contributed by atoms with Crippen molar-refractivity contribution in [3.8, 4) is 11.5 Å². The number of nitrogens with one attached hydrogen (secondary N) is 2. The first-order chi connectivity index (χ1) is 22.0. The van der Waals surface area contributed by atoms with Gasteiger partial charge in [-0.05, 0) is 73.0 Å². The molecule has 2 amide bonds. The Bertz CT molecular complexity index is 1690. The van der Waals surface area contributed by atoms with Gasteiger partial charge >= 0.3 is 13.4 Å². The van der Waals surface area contributed by atoms with Crippen LogP contribution < -0.4 is 10.6 Å². The van der Waals surface area contributed by atoms with Crippen LogP contribution in [0.2, 0.25) is 0 Å². The number of alkyl halides is 6. The molecule has 0 spiro atoms. The van der Waals surface area contributed by atoms with Crippen LogP contribution in [-0.2, 0) is 113 Å². The van der Waals surface area contributed by atoms with Gasteiger partial charge in [-0.25, -0.2) is 0 Å². The largest absolute Gasteiger partial charge is 0.508 e. The molecule has 0 aliphatic carbocycles. The number of hydrogen-bond donors (Lipinski definition) is 5. The van der Waals surface area contributed by atoms with Gasteiger partial charge in [0.2, 0.25) is 0 Å². The molecular formula is C38H55BrF6N2O6Y3. The van der Waals surface area contributed by atoms with Crippen molar-refractivity contribution < 1.29 is 157 Å². The van der Waals surface area contributed by atoms with E-state index >= 15 is 0 Å². The van der Waals surface area contributed by atoms with Crippen LogP contribution in [0.5, 0.6) is 11.5 Å². The molecule has 1 unspecified atom stereocenters. The molecular weight excluding hydrogens is 1040 g/mol. The molecule has 2 aliphatic rings. The molecule has 0 saturated heterocycles. The SMILES string of the molecule is C.C.C.C.C.C.Cc1cccc2c1NC(=O)C2(O)c1ccc(O)cc1.Cc1cccc2c1NC(=O)C2=O.FC(F)F.FC(F)F.Oc1ccc(Br)cc1.[HH].[HH].[Y].[Y].[Y]. The van der Waals surface area contributed by atoms with Crippen LogP contribution >= 0.6 is 15.9 Å². The monoisotopic (exact) mass is 1100 g/mol. The van der Waals surface area contributed by atoms with Gasteiger partial charge in [-0.15, -0.1) is 0 Å². The Morgan fingerprint density at radius 1 is 0.607 bits per heavy atom. The Hall–Kier alpha value is -1.58.